The number of rotatable bonds is 4. The summed E-state index contributed by atoms with van der Waals surface area (Å²) >= 11 is 3.38. The predicted octanol–water partition coefficient (Wildman–Crippen LogP) is 2.34. The Labute approximate surface area is 81.5 Å². The smallest absolute Gasteiger partial charge is 0.0410 e. The van der Waals surface area contributed by atoms with Gasteiger partial charge in [-0.05, 0) is 40.5 Å². The molecule has 2 nitrogen and oxygen atoms in total. The number of nitrogens with zero attached hydrogens (tertiary/aromatic N) is 1. The van der Waals surface area contributed by atoms with E-state index < -0.39 is 0 Å². The van der Waals surface area contributed by atoms with E-state index in [-0.39, 0.29) is 0 Å². The van der Waals surface area contributed by atoms with Crippen LogP contribution in [-0.4, -0.2) is 11.5 Å². The van der Waals surface area contributed by atoms with Crippen LogP contribution in [0.15, 0.2) is 22.9 Å². The third kappa shape index (κ3) is 3.32. The first-order chi connectivity index (χ1) is 5.83. The van der Waals surface area contributed by atoms with Crippen molar-refractivity contribution in [2.45, 2.75) is 19.9 Å². The second-order valence-corrected chi connectivity index (χ2v) is 3.60. The standard InChI is InChI=1S/C9H13BrN2/c1-2-3-11-5-8-4-9(10)7-12-6-8/h4,6-7,11H,2-3,5H2,1H3. The fourth-order valence-corrected chi connectivity index (χ4v) is 1.37. The van der Waals surface area contributed by atoms with E-state index in [4.69, 9.17) is 0 Å². The molecule has 0 fully saturated rings. The van der Waals surface area contributed by atoms with Crippen molar-refractivity contribution in [3.63, 3.8) is 0 Å². The molecule has 12 heavy (non-hydrogen) atoms. The van der Waals surface area contributed by atoms with Gasteiger partial charge < -0.3 is 5.32 Å². The largest absolute Gasteiger partial charge is 0.313 e. The van der Waals surface area contributed by atoms with Crippen molar-refractivity contribution in [3.05, 3.63) is 28.5 Å². The van der Waals surface area contributed by atoms with Gasteiger partial charge in [-0.15, -0.1) is 0 Å². The topological polar surface area (TPSA) is 24.9 Å². The van der Waals surface area contributed by atoms with Crippen LogP contribution in [-0.2, 0) is 6.54 Å². The van der Waals surface area contributed by atoms with E-state index in [1.807, 2.05) is 6.20 Å². The second kappa shape index (κ2) is 5.27. The maximum Gasteiger partial charge on any atom is 0.0410 e. The van der Waals surface area contributed by atoms with Crippen LogP contribution in [0.2, 0.25) is 0 Å². The molecule has 0 aromatic carbocycles. The van der Waals surface area contributed by atoms with Gasteiger partial charge in [-0.3, -0.25) is 4.98 Å². The molecule has 0 bridgehead atoms. The van der Waals surface area contributed by atoms with E-state index in [9.17, 15) is 0 Å². The lowest BCUT2D eigenvalue weighted by molar-refractivity contribution is 0.673. The molecule has 0 aliphatic rings. The molecule has 1 heterocycles. The Morgan fingerprint density at radius 2 is 2.33 bits per heavy atom. The minimum absolute atomic E-state index is 0.903. The van der Waals surface area contributed by atoms with E-state index in [2.05, 4.69) is 39.2 Å². The summed E-state index contributed by atoms with van der Waals surface area (Å²) < 4.78 is 1.04. The summed E-state index contributed by atoms with van der Waals surface area (Å²) in [5.74, 6) is 0. The summed E-state index contributed by atoms with van der Waals surface area (Å²) in [7, 11) is 0. The van der Waals surface area contributed by atoms with Crippen molar-refractivity contribution in [3.8, 4) is 0 Å². The van der Waals surface area contributed by atoms with Crippen molar-refractivity contribution in [2.75, 3.05) is 6.54 Å². The first-order valence-corrected chi connectivity index (χ1v) is 4.92. The van der Waals surface area contributed by atoms with Gasteiger partial charge in [-0.25, -0.2) is 0 Å². The van der Waals surface area contributed by atoms with Crippen molar-refractivity contribution in [1.82, 2.24) is 10.3 Å². The Bertz CT molecular complexity index is 238. The first kappa shape index (κ1) is 9.68. The number of nitrogens with one attached hydrogen (secondary N) is 1. The number of pyridine rings is 1. The molecule has 0 spiro atoms. The van der Waals surface area contributed by atoms with Gasteiger partial charge in [0, 0.05) is 23.4 Å². The van der Waals surface area contributed by atoms with Crippen LogP contribution in [0.3, 0.4) is 0 Å². The molecule has 0 atom stereocenters. The quantitative estimate of drug-likeness (QED) is 0.801. The Morgan fingerprint density at radius 1 is 1.50 bits per heavy atom. The average molecular weight is 229 g/mol. The van der Waals surface area contributed by atoms with E-state index in [0.29, 0.717) is 0 Å². The summed E-state index contributed by atoms with van der Waals surface area (Å²) in [5.41, 5.74) is 1.22. The van der Waals surface area contributed by atoms with Crippen LogP contribution in [0.25, 0.3) is 0 Å². The lowest BCUT2D eigenvalue weighted by Crippen LogP contribution is -2.13. The van der Waals surface area contributed by atoms with Gasteiger partial charge in [0.2, 0.25) is 0 Å². The Kier molecular flexibility index (Phi) is 4.25. The molecule has 0 radical (unpaired) electrons. The zero-order chi connectivity index (χ0) is 8.81. The fourth-order valence-electron chi connectivity index (χ4n) is 0.962. The average Bonchev–Trinajstić information content (AvgIpc) is 2.05. The number of hydrogen-bond acceptors (Lipinski definition) is 2. The van der Waals surface area contributed by atoms with Gasteiger partial charge >= 0.3 is 0 Å². The van der Waals surface area contributed by atoms with Gasteiger partial charge in [0.05, 0.1) is 0 Å². The highest BCUT2D eigenvalue weighted by molar-refractivity contribution is 9.10. The molecule has 1 rings (SSSR count). The molecule has 66 valence electrons. The highest BCUT2D eigenvalue weighted by atomic mass is 79.9. The minimum Gasteiger partial charge on any atom is -0.313 e. The fraction of sp³-hybridized carbons (Fsp3) is 0.444. The summed E-state index contributed by atoms with van der Waals surface area (Å²) in [4.78, 5) is 4.08. The van der Waals surface area contributed by atoms with Gasteiger partial charge in [0.15, 0.2) is 0 Å². The molecular weight excluding hydrogens is 216 g/mol. The van der Waals surface area contributed by atoms with E-state index in [1.165, 1.54) is 12.0 Å². The highest BCUT2D eigenvalue weighted by Gasteiger charge is 1.92. The van der Waals surface area contributed by atoms with Crippen molar-refractivity contribution < 1.29 is 0 Å². The molecule has 1 aromatic heterocycles. The maximum absolute atomic E-state index is 4.08. The molecule has 0 aliphatic carbocycles. The molecule has 1 aromatic rings. The van der Waals surface area contributed by atoms with Crippen LogP contribution in [0, 0.1) is 0 Å². The van der Waals surface area contributed by atoms with Crippen LogP contribution < -0.4 is 5.32 Å². The highest BCUT2D eigenvalue weighted by Crippen LogP contribution is 2.08. The number of halogens is 1. The van der Waals surface area contributed by atoms with Crippen LogP contribution in [0.1, 0.15) is 18.9 Å². The van der Waals surface area contributed by atoms with Gasteiger partial charge in [-0.2, -0.15) is 0 Å². The minimum atomic E-state index is 0.903. The molecule has 1 N–H and O–H groups in total. The van der Waals surface area contributed by atoms with E-state index >= 15 is 0 Å². The lowest BCUT2D eigenvalue weighted by atomic mass is 10.3. The molecular formula is C9H13BrN2. The number of aromatic nitrogens is 1. The van der Waals surface area contributed by atoms with Gasteiger partial charge in [0.1, 0.15) is 0 Å². The van der Waals surface area contributed by atoms with E-state index in [0.717, 1.165) is 17.6 Å². The van der Waals surface area contributed by atoms with Crippen molar-refractivity contribution >= 4 is 15.9 Å². The number of hydrogen-bond donors (Lipinski definition) is 1. The normalized spacial score (nSPS) is 10.2. The molecule has 0 saturated heterocycles. The SMILES string of the molecule is CCCNCc1cncc(Br)c1. The molecule has 0 saturated carbocycles. The summed E-state index contributed by atoms with van der Waals surface area (Å²) in [6, 6.07) is 2.08. The van der Waals surface area contributed by atoms with E-state index in [1.54, 1.807) is 6.20 Å². The van der Waals surface area contributed by atoms with Crippen LogP contribution in [0.5, 0.6) is 0 Å². The molecule has 0 unspecified atom stereocenters. The van der Waals surface area contributed by atoms with Crippen LogP contribution >= 0.6 is 15.9 Å². The Morgan fingerprint density at radius 3 is 3.00 bits per heavy atom. The van der Waals surface area contributed by atoms with Crippen molar-refractivity contribution in [1.29, 1.82) is 0 Å². The predicted molar refractivity (Wildman–Crippen MR) is 53.9 cm³/mol. The zero-order valence-electron chi connectivity index (χ0n) is 7.18. The zero-order valence-corrected chi connectivity index (χ0v) is 8.76. The molecule has 3 heteroatoms. The summed E-state index contributed by atoms with van der Waals surface area (Å²) in [6.45, 7) is 4.12. The summed E-state index contributed by atoms with van der Waals surface area (Å²) in [5, 5.41) is 3.32. The monoisotopic (exact) mass is 228 g/mol. The molecule has 0 amide bonds. The second-order valence-electron chi connectivity index (χ2n) is 2.69. The van der Waals surface area contributed by atoms with Gasteiger partial charge in [-0.1, -0.05) is 6.92 Å². The third-order valence-corrected chi connectivity index (χ3v) is 1.95. The summed E-state index contributed by atoms with van der Waals surface area (Å²) in [6.07, 6.45) is 4.85. The third-order valence-electron chi connectivity index (χ3n) is 1.52. The van der Waals surface area contributed by atoms with Gasteiger partial charge in [0.25, 0.3) is 0 Å². The first-order valence-electron chi connectivity index (χ1n) is 4.13. The molecule has 0 aliphatic heterocycles. The Balaban J connectivity index is 2.41. The lowest BCUT2D eigenvalue weighted by Gasteiger charge is -2.02. The Hall–Kier alpha value is -0.410. The van der Waals surface area contributed by atoms with Crippen LogP contribution in [0.4, 0.5) is 0 Å². The maximum atomic E-state index is 4.08. The van der Waals surface area contributed by atoms with Crippen molar-refractivity contribution in [2.24, 2.45) is 0 Å².